The molecule has 3 unspecified atom stereocenters. The maximum atomic E-state index is 12.9. The molecule has 0 aliphatic rings. The van der Waals surface area contributed by atoms with Crippen LogP contribution in [0.4, 0.5) is 0 Å². The van der Waals surface area contributed by atoms with E-state index in [1.54, 1.807) is 6.08 Å². The van der Waals surface area contributed by atoms with Crippen molar-refractivity contribution in [3.8, 4) is 0 Å². The van der Waals surface area contributed by atoms with E-state index in [1.807, 2.05) is 27.2 Å². The van der Waals surface area contributed by atoms with Gasteiger partial charge < -0.3 is 19.8 Å². The molecule has 9 heteroatoms. The van der Waals surface area contributed by atoms with Gasteiger partial charge in [-0.3, -0.25) is 13.8 Å². The number of nitrogens with one attached hydrogen (secondary N) is 1. The molecule has 0 spiro atoms. The summed E-state index contributed by atoms with van der Waals surface area (Å²) < 4.78 is 23.6. The van der Waals surface area contributed by atoms with Crippen molar-refractivity contribution in [2.24, 2.45) is 0 Å². The zero-order chi connectivity index (χ0) is 50.6. The van der Waals surface area contributed by atoms with Crippen LogP contribution in [-0.2, 0) is 18.4 Å². The lowest BCUT2D eigenvalue weighted by Gasteiger charge is -2.25. The number of nitrogens with zero attached hydrogens (tertiary/aromatic N) is 1. The number of allylic oxidation sites excluding steroid dienone is 11. The van der Waals surface area contributed by atoms with Crippen LogP contribution in [0.3, 0.4) is 0 Å². The Labute approximate surface area is 427 Å². The number of quaternary nitrogens is 1. The van der Waals surface area contributed by atoms with Crippen LogP contribution in [0.25, 0.3) is 0 Å². The summed E-state index contributed by atoms with van der Waals surface area (Å²) in [6.45, 7) is 4.67. The molecule has 0 heterocycles. The Balaban J connectivity index is 3.97. The van der Waals surface area contributed by atoms with Crippen LogP contribution in [0, 0.1) is 0 Å². The topological polar surface area (TPSA) is 105 Å². The number of unbranched alkanes of at least 4 members (excludes halogenated alkanes) is 29. The van der Waals surface area contributed by atoms with Crippen molar-refractivity contribution in [3.05, 3.63) is 72.9 Å². The number of hydrogen-bond donors (Lipinski definition) is 3. The Morgan fingerprint density at radius 2 is 0.884 bits per heavy atom. The van der Waals surface area contributed by atoms with Gasteiger partial charge in [-0.2, -0.15) is 0 Å². The molecule has 0 bridgehead atoms. The Morgan fingerprint density at radius 1 is 0.507 bits per heavy atom. The molecule has 0 aromatic rings. The molecule has 0 fully saturated rings. The molecule has 0 aromatic heterocycles. The number of phosphoric acid groups is 1. The number of carbonyl (C=O) groups is 1. The molecule has 402 valence electrons. The van der Waals surface area contributed by atoms with Crippen LogP contribution in [0.2, 0.25) is 0 Å². The summed E-state index contributed by atoms with van der Waals surface area (Å²) in [4.78, 5) is 23.2. The van der Waals surface area contributed by atoms with E-state index in [1.165, 1.54) is 167 Å². The van der Waals surface area contributed by atoms with Gasteiger partial charge in [0.1, 0.15) is 13.2 Å². The summed E-state index contributed by atoms with van der Waals surface area (Å²) in [6.07, 6.45) is 70.3. The van der Waals surface area contributed by atoms with E-state index in [9.17, 15) is 19.4 Å². The van der Waals surface area contributed by atoms with Crippen molar-refractivity contribution in [2.75, 3.05) is 40.9 Å². The Bertz CT molecular complexity index is 1350. The number of amides is 1. The molecule has 0 saturated heterocycles. The largest absolute Gasteiger partial charge is 0.472 e. The van der Waals surface area contributed by atoms with Crippen molar-refractivity contribution in [1.82, 2.24) is 5.32 Å². The second-order valence-corrected chi connectivity index (χ2v) is 22.1. The highest BCUT2D eigenvalue weighted by molar-refractivity contribution is 7.47. The number of aliphatic hydroxyl groups is 1. The van der Waals surface area contributed by atoms with Crippen LogP contribution < -0.4 is 5.32 Å². The number of phosphoric ester groups is 1. The summed E-state index contributed by atoms with van der Waals surface area (Å²) in [6, 6.07) is -0.863. The second kappa shape index (κ2) is 50.9. The average Bonchev–Trinajstić information content (AvgIpc) is 3.31. The molecule has 0 aliphatic heterocycles. The Morgan fingerprint density at radius 3 is 1.33 bits per heavy atom. The lowest BCUT2D eigenvalue weighted by Crippen LogP contribution is -2.45. The van der Waals surface area contributed by atoms with E-state index in [4.69, 9.17) is 9.05 Å². The van der Waals surface area contributed by atoms with Gasteiger partial charge in [-0.25, -0.2) is 4.57 Å². The first-order chi connectivity index (χ1) is 33.5. The lowest BCUT2D eigenvalue weighted by molar-refractivity contribution is -0.870. The van der Waals surface area contributed by atoms with Crippen LogP contribution in [0.15, 0.2) is 72.9 Å². The maximum Gasteiger partial charge on any atom is 0.472 e. The quantitative estimate of drug-likeness (QED) is 0.0243. The van der Waals surface area contributed by atoms with Crippen LogP contribution in [0.5, 0.6) is 0 Å². The molecule has 0 aromatic carbocycles. The first-order valence-corrected chi connectivity index (χ1v) is 30.3. The van der Waals surface area contributed by atoms with Gasteiger partial charge in [-0.15, -0.1) is 0 Å². The highest BCUT2D eigenvalue weighted by Crippen LogP contribution is 2.43. The minimum Gasteiger partial charge on any atom is -0.387 e. The zero-order valence-corrected chi connectivity index (χ0v) is 46.7. The predicted octanol–water partition coefficient (Wildman–Crippen LogP) is 17.5. The number of aliphatic hydroxyl groups excluding tert-OH is 1. The molecule has 3 N–H and O–H groups in total. The highest BCUT2D eigenvalue weighted by atomic mass is 31.2. The summed E-state index contributed by atoms with van der Waals surface area (Å²) in [5, 5.41) is 13.8. The van der Waals surface area contributed by atoms with Gasteiger partial charge in [0, 0.05) is 6.42 Å². The Kier molecular flexibility index (Phi) is 49.3. The van der Waals surface area contributed by atoms with Crippen LogP contribution in [-0.4, -0.2) is 73.4 Å². The first kappa shape index (κ1) is 66.9. The van der Waals surface area contributed by atoms with Gasteiger partial charge in [-0.1, -0.05) is 247 Å². The molecule has 69 heavy (non-hydrogen) atoms. The van der Waals surface area contributed by atoms with E-state index in [2.05, 4.69) is 79.9 Å². The third-order valence-corrected chi connectivity index (χ3v) is 13.6. The molecular formula is C60H112N2O6P+. The number of rotatable bonds is 52. The van der Waals surface area contributed by atoms with E-state index >= 15 is 0 Å². The SMILES string of the molecule is CC/C=C\C/C=C\C/C=C\C/C=C\CCCCCCCCCCCCCCCCCCCCCCCCC(=O)NC(COP(=O)(O)OCC[N+](C)(C)C)C(O)/C=C/CC/C=C/CCCCCCCC. The van der Waals surface area contributed by atoms with Gasteiger partial charge in [0.15, 0.2) is 0 Å². The fourth-order valence-corrected chi connectivity index (χ4v) is 8.90. The van der Waals surface area contributed by atoms with E-state index in [0.717, 1.165) is 64.2 Å². The van der Waals surface area contributed by atoms with Gasteiger partial charge in [0.2, 0.25) is 5.91 Å². The lowest BCUT2D eigenvalue weighted by atomic mass is 10.0. The van der Waals surface area contributed by atoms with Crippen molar-refractivity contribution >= 4 is 13.7 Å². The van der Waals surface area contributed by atoms with Crippen molar-refractivity contribution in [1.29, 1.82) is 0 Å². The van der Waals surface area contributed by atoms with Crippen molar-refractivity contribution in [2.45, 2.75) is 264 Å². The predicted molar refractivity (Wildman–Crippen MR) is 300 cm³/mol. The monoisotopic (exact) mass is 988 g/mol. The molecule has 3 atom stereocenters. The second-order valence-electron chi connectivity index (χ2n) is 20.6. The summed E-state index contributed by atoms with van der Waals surface area (Å²) in [7, 11) is 1.56. The number of likely N-dealkylation sites (N-methyl/N-ethyl adjacent to an activating group) is 1. The summed E-state index contributed by atoms with van der Waals surface area (Å²) in [5.74, 6) is -0.186. The standard InChI is InChI=1S/C60H111N2O6P/c1-6-8-10-12-14-16-18-20-21-22-23-24-25-26-27-28-29-30-31-32-33-34-35-36-37-38-39-40-41-42-44-46-48-50-52-54-60(64)61-58(57-68-69(65,66)67-56-55-62(3,4)5)59(63)53-51-49-47-45-43-19-17-15-13-11-9-7-2/h8,10,14,16,20-21,23-24,43,45,51,53,58-59,63H,6-7,9,11-13,15,17-19,22,25-42,44,46-50,52,54-57H2,1-5H3,(H-,61,64,65,66)/p+1/b10-8-,16-14-,21-20-,24-23-,45-43+,53-51+. The van der Waals surface area contributed by atoms with E-state index in [-0.39, 0.29) is 19.1 Å². The minimum atomic E-state index is -4.35. The summed E-state index contributed by atoms with van der Waals surface area (Å²) >= 11 is 0. The molecule has 0 saturated carbocycles. The van der Waals surface area contributed by atoms with Gasteiger partial charge >= 0.3 is 7.82 Å². The van der Waals surface area contributed by atoms with Gasteiger partial charge in [0.25, 0.3) is 0 Å². The van der Waals surface area contributed by atoms with E-state index in [0.29, 0.717) is 17.4 Å². The third kappa shape index (κ3) is 53.6. The minimum absolute atomic E-state index is 0.0556. The van der Waals surface area contributed by atoms with Crippen molar-refractivity contribution in [3.63, 3.8) is 0 Å². The zero-order valence-electron chi connectivity index (χ0n) is 45.8. The first-order valence-electron chi connectivity index (χ1n) is 28.8. The van der Waals surface area contributed by atoms with Gasteiger partial charge in [0.05, 0.1) is 39.9 Å². The fraction of sp³-hybridized carbons (Fsp3) is 0.783. The van der Waals surface area contributed by atoms with Crippen LogP contribution >= 0.6 is 7.82 Å². The average molecular weight is 989 g/mol. The molecule has 1 amide bonds. The fourth-order valence-electron chi connectivity index (χ4n) is 8.17. The van der Waals surface area contributed by atoms with Crippen LogP contribution in [0.1, 0.15) is 251 Å². The molecule has 0 rings (SSSR count). The summed E-state index contributed by atoms with van der Waals surface area (Å²) in [5.41, 5.74) is 0. The maximum absolute atomic E-state index is 12.9. The van der Waals surface area contributed by atoms with E-state index < -0.39 is 20.0 Å². The number of carbonyl (C=O) groups excluding carboxylic acids is 1. The highest BCUT2D eigenvalue weighted by Gasteiger charge is 2.27. The normalized spacial score (nSPS) is 14.5. The molecule has 8 nitrogen and oxygen atoms in total. The molecular weight excluding hydrogens is 876 g/mol. The third-order valence-electron chi connectivity index (χ3n) is 12.7. The number of hydrogen-bond acceptors (Lipinski definition) is 5. The van der Waals surface area contributed by atoms with Gasteiger partial charge in [-0.05, 0) is 70.6 Å². The van der Waals surface area contributed by atoms with Crippen molar-refractivity contribution < 1.29 is 32.9 Å². The molecule has 0 aliphatic carbocycles. The Hall–Kier alpha value is -2.06. The smallest absolute Gasteiger partial charge is 0.387 e. The molecule has 0 radical (unpaired) electrons.